The summed E-state index contributed by atoms with van der Waals surface area (Å²) in [7, 11) is 0. The van der Waals surface area contributed by atoms with Gasteiger partial charge in [0.05, 0.1) is 29.8 Å². The predicted molar refractivity (Wildman–Crippen MR) is 96.6 cm³/mol. The first-order valence-electron chi connectivity index (χ1n) is 8.49. The van der Waals surface area contributed by atoms with E-state index in [-0.39, 0.29) is 0 Å². The van der Waals surface area contributed by atoms with E-state index < -0.39 is 0 Å². The van der Waals surface area contributed by atoms with Gasteiger partial charge in [-0.25, -0.2) is 9.50 Å². The van der Waals surface area contributed by atoms with Crippen LogP contribution in [-0.2, 0) is 6.42 Å². The number of imidazole rings is 1. The van der Waals surface area contributed by atoms with Crippen LogP contribution in [-0.4, -0.2) is 19.0 Å². The van der Waals surface area contributed by atoms with Crippen LogP contribution in [0.15, 0.2) is 55.4 Å². The van der Waals surface area contributed by atoms with Gasteiger partial charge in [0.1, 0.15) is 0 Å². The van der Waals surface area contributed by atoms with Crippen LogP contribution in [0, 0.1) is 0 Å². The highest BCUT2D eigenvalue weighted by Crippen LogP contribution is 2.24. The third kappa shape index (κ3) is 2.68. The molecule has 0 saturated heterocycles. The second-order valence-corrected chi connectivity index (χ2v) is 6.95. The third-order valence-corrected chi connectivity index (χ3v) is 4.75. The molecule has 0 aliphatic carbocycles. The summed E-state index contributed by atoms with van der Waals surface area (Å²) in [6.45, 7) is 6.68. The molecule has 0 spiro atoms. The SMILES string of the molecule is CC(C)c1cnn2cc(CC(C)c3ccn4cncc4c3)cc2c1. The first-order valence-corrected chi connectivity index (χ1v) is 8.49. The van der Waals surface area contributed by atoms with Crippen molar-refractivity contribution >= 4 is 11.0 Å². The van der Waals surface area contributed by atoms with Crippen molar-refractivity contribution in [2.75, 3.05) is 0 Å². The van der Waals surface area contributed by atoms with Gasteiger partial charge in [-0.15, -0.1) is 0 Å². The largest absolute Gasteiger partial charge is 0.306 e. The van der Waals surface area contributed by atoms with Crippen molar-refractivity contribution in [3.63, 3.8) is 0 Å². The van der Waals surface area contributed by atoms with Crippen molar-refractivity contribution in [3.8, 4) is 0 Å². The van der Waals surface area contributed by atoms with E-state index in [2.05, 4.69) is 67.5 Å². The highest BCUT2D eigenvalue weighted by Gasteiger charge is 2.11. The number of nitrogens with zero attached hydrogens (tertiary/aromatic N) is 4. The van der Waals surface area contributed by atoms with Crippen LogP contribution in [0.4, 0.5) is 0 Å². The standard InChI is InChI=1S/C20H22N4/c1-14(2)18-9-19-7-16(12-24(19)22-10-18)6-15(3)17-4-5-23-13-21-11-20(23)8-17/h4-5,7-15H,6H2,1-3H3. The quantitative estimate of drug-likeness (QED) is 0.557. The highest BCUT2D eigenvalue weighted by atomic mass is 15.2. The molecular formula is C20H22N4. The lowest BCUT2D eigenvalue weighted by molar-refractivity contribution is 0.755. The zero-order valence-corrected chi connectivity index (χ0v) is 14.3. The maximum atomic E-state index is 4.54. The summed E-state index contributed by atoms with van der Waals surface area (Å²) in [5, 5.41) is 4.54. The molecule has 4 nitrogen and oxygen atoms in total. The summed E-state index contributed by atoms with van der Waals surface area (Å²) in [6.07, 6.45) is 10.9. The van der Waals surface area contributed by atoms with Crippen LogP contribution in [0.25, 0.3) is 11.0 Å². The smallest absolute Gasteiger partial charge is 0.0991 e. The van der Waals surface area contributed by atoms with E-state index in [4.69, 9.17) is 0 Å². The number of pyridine rings is 1. The average Bonchev–Trinajstić information content (AvgIpc) is 3.18. The lowest BCUT2D eigenvalue weighted by Gasteiger charge is -2.11. The maximum absolute atomic E-state index is 4.54. The van der Waals surface area contributed by atoms with Crippen LogP contribution < -0.4 is 0 Å². The fourth-order valence-corrected chi connectivity index (χ4v) is 3.21. The van der Waals surface area contributed by atoms with Gasteiger partial charge in [0.2, 0.25) is 0 Å². The van der Waals surface area contributed by atoms with Gasteiger partial charge in [-0.3, -0.25) is 0 Å². The van der Waals surface area contributed by atoms with Crippen molar-refractivity contribution in [1.29, 1.82) is 0 Å². The van der Waals surface area contributed by atoms with E-state index in [0.717, 1.165) is 11.9 Å². The van der Waals surface area contributed by atoms with Crippen LogP contribution >= 0.6 is 0 Å². The molecule has 0 bridgehead atoms. The lowest BCUT2D eigenvalue weighted by Crippen LogP contribution is -1.98. The van der Waals surface area contributed by atoms with Crippen LogP contribution in [0.1, 0.15) is 49.3 Å². The van der Waals surface area contributed by atoms with E-state index in [9.17, 15) is 0 Å². The summed E-state index contributed by atoms with van der Waals surface area (Å²) in [5.74, 6) is 0.953. The Morgan fingerprint density at radius 2 is 1.83 bits per heavy atom. The van der Waals surface area contributed by atoms with Gasteiger partial charge in [-0.1, -0.05) is 20.8 Å². The van der Waals surface area contributed by atoms with E-state index in [0.29, 0.717) is 11.8 Å². The molecule has 4 heteroatoms. The molecule has 0 aromatic carbocycles. The Morgan fingerprint density at radius 1 is 1.00 bits per heavy atom. The molecule has 0 radical (unpaired) electrons. The fraction of sp³-hybridized carbons (Fsp3) is 0.300. The molecule has 0 aliphatic rings. The zero-order chi connectivity index (χ0) is 16.7. The second-order valence-electron chi connectivity index (χ2n) is 6.95. The number of hydrogen-bond donors (Lipinski definition) is 0. The molecule has 0 fully saturated rings. The molecule has 0 amide bonds. The van der Waals surface area contributed by atoms with Gasteiger partial charge in [0.25, 0.3) is 0 Å². The Balaban J connectivity index is 1.60. The van der Waals surface area contributed by atoms with Crippen molar-refractivity contribution in [1.82, 2.24) is 19.0 Å². The number of hydrogen-bond acceptors (Lipinski definition) is 2. The summed E-state index contributed by atoms with van der Waals surface area (Å²) >= 11 is 0. The molecule has 4 aromatic rings. The van der Waals surface area contributed by atoms with Gasteiger partial charge in [-0.2, -0.15) is 5.10 Å². The summed E-state index contributed by atoms with van der Waals surface area (Å²) < 4.78 is 4.02. The van der Waals surface area contributed by atoms with Crippen molar-refractivity contribution in [2.24, 2.45) is 0 Å². The van der Waals surface area contributed by atoms with Gasteiger partial charge >= 0.3 is 0 Å². The Morgan fingerprint density at radius 3 is 2.67 bits per heavy atom. The first kappa shape index (κ1) is 14.9. The third-order valence-electron chi connectivity index (χ3n) is 4.75. The van der Waals surface area contributed by atoms with Crippen LogP contribution in [0.3, 0.4) is 0 Å². The molecule has 122 valence electrons. The van der Waals surface area contributed by atoms with Crippen molar-refractivity contribution in [2.45, 2.75) is 39.0 Å². The second kappa shape index (κ2) is 5.78. The van der Waals surface area contributed by atoms with Crippen molar-refractivity contribution < 1.29 is 0 Å². The molecule has 1 unspecified atom stereocenters. The van der Waals surface area contributed by atoms with E-state index in [1.807, 2.05) is 27.6 Å². The van der Waals surface area contributed by atoms with Crippen LogP contribution in [0.2, 0.25) is 0 Å². The Kier molecular flexibility index (Phi) is 3.60. The van der Waals surface area contributed by atoms with Gasteiger partial charge in [0.15, 0.2) is 0 Å². The van der Waals surface area contributed by atoms with E-state index >= 15 is 0 Å². The average molecular weight is 318 g/mol. The highest BCUT2D eigenvalue weighted by molar-refractivity contribution is 5.52. The molecule has 1 atom stereocenters. The molecule has 0 saturated carbocycles. The minimum Gasteiger partial charge on any atom is -0.306 e. The minimum absolute atomic E-state index is 0.451. The first-order chi connectivity index (χ1) is 11.6. The minimum atomic E-state index is 0.451. The summed E-state index contributed by atoms with van der Waals surface area (Å²) in [5.41, 5.74) is 6.27. The zero-order valence-electron chi connectivity index (χ0n) is 14.3. The van der Waals surface area contributed by atoms with E-state index in [1.54, 1.807) is 0 Å². The Bertz CT molecular complexity index is 993. The monoisotopic (exact) mass is 318 g/mol. The van der Waals surface area contributed by atoms with E-state index in [1.165, 1.54) is 22.2 Å². The normalized spacial score (nSPS) is 13.2. The van der Waals surface area contributed by atoms with Gasteiger partial charge in [0, 0.05) is 12.4 Å². The van der Waals surface area contributed by atoms with Crippen LogP contribution in [0.5, 0.6) is 0 Å². The summed E-state index contributed by atoms with van der Waals surface area (Å²) in [6, 6.07) is 8.91. The molecular weight excluding hydrogens is 296 g/mol. The Hall–Kier alpha value is -2.62. The van der Waals surface area contributed by atoms with Gasteiger partial charge in [-0.05, 0) is 59.2 Å². The van der Waals surface area contributed by atoms with Crippen molar-refractivity contribution in [3.05, 3.63) is 72.1 Å². The number of fused-ring (bicyclic) bond motifs is 2. The lowest BCUT2D eigenvalue weighted by atomic mass is 9.95. The molecule has 4 rings (SSSR count). The fourth-order valence-electron chi connectivity index (χ4n) is 3.21. The number of aromatic nitrogens is 4. The molecule has 4 aromatic heterocycles. The topological polar surface area (TPSA) is 34.6 Å². The molecule has 4 heterocycles. The Labute approximate surface area is 141 Å². The number of rotatable bonds is 4. The summed E-state index contributed by atoms with van der Waals surface area (Å²) in [4.78, 5) is 4.19. The predicted octanol–water partition coefficient (Wildman–Crippen LogP) is 4.45. The molecule has 24 heavy (non-hydrogen) atoms. The molecule has 0 aliphatic heterocycles. The van der Waals surface area contributed by atoms with Gasteiger partial charge < -0.3 is 4.40 Å². The maximum Gasteiger partial charge on any atom is 0.0991 e. The molecule has 0 N–H and O–H groups in total.